The van der Waals surface area contributed by atoms with Crippen molar-refractivity contribution in [2.45, 2.75) is 82.7 Å². The average molecular weight is 683 g/mol. The normalized spacial score (nSPS) is 19.9. The van der Waals surface area contributed by atoms with Crippen molar-refractivity contribution in [1.29, 1.82) is 5.26 Å². The second kappa shape index (κ2) is 16.8. The Morgan fingerprint density at radius 1 is 1.00 bits per heavy atom. The number of halogens is 3. The second-order valence-corrected chi connectivity index (χ2v) is 13.1. The van der Waals surface area contributed by atoms with Gasteiger partial charge in [-0.1, -0.05) is 51.3 Å². The standard InChI is InChI=1S/C36H45F3N6O4/c1-4-31(46)43-33(34(48)45-17-15-44(3)16-18-45)23(2)25-13-14-30(28(37)20-25)41-32(47)21-26-10-6-5-7-12-29(26)42-35(49)36(38,39)27-11-8-9-24(19-27)22-40/h8-9,11,13-14,19-20,23,26,29,33H,4-7,10,12,15-18,21H2,1-3H3,(H,41,47)(H,42,49)(H,43,46)/t23-,26?,29?,33+/m0/s1. The number of carbonyl (C=O) groups is 4. The fourth-order valence-corrected chi connectivity index (χ4v) is 6.44. The lowest BCUT2D eigenvalue weighted by Gasteiger charge is -2.36. The Labute approximate surface area is 285 Å². The van der Waals surface area contributed by atoms with Crippen molar-refractivity contribution >= 4 is 29.3 Å². The van der Waals surface area contributed by atoms with Crippen LogP contribution in [0.5, 0.6) is 0 Å². The fraction of sp³-hybridized carbons (Fsp3) is 0.528. The summed E-state index contributed by atoms with van der Waals surface area (Å²) in [5, 5.41) is 16.9. The van der Waals surface area contributed by atoms with Crippen molar-refractivity contribution in [2.75, 3.05) is 38.5 Å². The summed E-state index contributed by atoms with van der Waals surface area (Å²) in [5.41, 5.74) is -0.209. The van der Waals surface area contributed by atoms with E-state index in [0.29, 0.717) is 51.0 Å². The maximum atomic E-state index is 15.4. The number of nitrogens with one attached hydrogen (secondary N) is 3. The number of nitrogens with zero attached hydrogens (tertiary/aromatic N) is 3. The SMILES string of the molecule is CCC(=O)N[C@@H](C(=O)N1CCN(C)CC1)[C@@H](C)c1ccc(NC(=O)CC2CCCCCC2NC(=O)C(F)(F)c2cccc(C#N)c2)c(F)c1. The van der Waals surface area contributed by atoms with Crippen LogP contribution in [-0.4, -0.2) is 78.7 Å². The Kier molecular flexibility index (Phi) is 12.8. The highest BCUT2D eigenvalue weighted by molar-refractivity contribution is 5.91. The van der Waals surface area contributed by atoms with Crippen LogP contribution >= 0.6 is 0 Å². The van der Waals surface area contributed by atoms with Crippen LogP contribution in [-0.2, 0) is 25.1 Å². The minimum Gasteiger partial charge on any atom is -0.348 e. The molecule has 0 bridgehead atoms. The van der Waals surface area contributed by atoms with Crippen molar-refractivity contribution < 1.29 is 32.3 Å². The molecule has 3 N–H and O–H groups in total. The average Bonchev–Trinajstić information content (AvgIpc) is 3.31. The number of benzene rings is 2. The van der Waals surface area contributed by atoms with E-state index in [2.05, 4.69) is 20.9 Å². The monoisotopic (exact) mass is 682 g/mol. The molecule has 1 saturated carbocycles. The number of rotatable bonds is 11. The zero-order chi connectivity index (χ0) is 35.7. The molecule has 0 aromatic heterocycles. The van der Waals surface area contributed by atoms with E-state index in [9.17, 15) is 19.2 Å². The lowest BCUT2D eigenvalue weighted by atomic mass is 9.90. The molecule has 4 rings (SSSR count). The lowest BCUT2D eigenvalue weighted by molar-refractivity contribution is -0.148. The summed E-state index contributed by atoms with van der Waals surface area (Å²) in [6.45, 7) is 5.87. The lowest BCUT2D eigenvalue weighted by Crippen LogP contribution is -2.55. The molecule has 4 amide bonds. The van der Waals surface area contributed by atoms with Gasteiger partial charge in [0.15, 0.2) is 0 Å². The van der Waals surface area contributed by atoms with Gasteiger partial charge < -0.3 is 25.8 Å². The molecule has 1 heterocycles. The molecule has 264 valence electrons. The molecular weight excluding hydrogens is 637 g/mol. The first kappa shape index (κ1) is 37.4. The maximum Gasteiger partial charge on any atom is 0.349 e. The van der Waals surface area contributed by atoms with E-state index in [-0.39, 0.29) is 35.9 Å². The van der Waals surface area contributed by atoms with Crippen LogP contribution in [0.15, 0.2) is 42.5 Å². The second-order valence-electron chi connectivity index (χ2n) is 13.1. The first-order chi connectivity index (χ1) is 23.3. The molecular formula is C36H45F3N6O4. The van der Waals surface area contributed by atoms with Gasteiger partial charge >= 0.3 is 5.92 Å². The molecule has 2 fully saturated rings. The highest BCUT2D eigenvalue weighted by Gasteiger charge is 2.43. The van der Waals surface area contributed by atoms with Crippen LogP contribution < -0.4 is 16.0 Å². The van der Waals surface area contributed by atoms with Crippen molar-refractivity contribution in [3.63, 3.8) is 0 Å². The largest absolute Gasteiger partial charge is 0.349 e. The van der Waals surface area contributed by atoms with E-state index in [4.69, 9.17) is 5.26 Å². The van der Waals surface area contributed by atoms with Crippen LogP contribution in [0.3, 0.4) is 0 Å². The number of piperazine rings is 1. The Morgan fingerprint density at radius 3 is 2.39 bits per heavy atom. The third-order valence-corrected chi connectivity index (χ3v) is 9.57. The third kappa shape index (κ3) is 9.59. The third-order valence-electron chi connectivity index (χ3n) is 9.57. The Hall–Kier alpha value is -4.44. The quantitative estimate of drug-likeness (QED) is 0.296. The van der Waals surface area contributed by atoms with Crippen molar-refractivity contribution in [3.8, 4) is 6.07 Å². The predicted octanol–water partition coefficient (Wildman–Crippen LogP) is 4.66. The van der Waals surface area contributed by atoms with Gasteiger partial charge in [0.25, 0.3) is 5.91 Å². The minimum atomic E-state index is -3.89. The molecule has 0 spiro atoms. The molecule has 2 aliphatic rings. The molecule has 2 aromatic rings. The topological polar surface area (TPSA) is 135 Å². The Balaban J connectivity index is 1.43. The zero-order valence-corrected chi connectivity index (χ0v) is 28.2. The van der Waals surface area contributed by atoms with Crippen molar-refractivity contribution in [1.82, 2.24) is 20.4 Å². The number of alkyl halides is 2. The molecule has 10 nitrogen and oxygen atoms in total. The molecule has 13 heteroatoms. The maximum absolute atomic E-state index is 15.4. The first-order valence-corrected chi connectivity index (χ1v) is 16.9. The predicted molar refractivity (Wildman–Crippen MR) is 178 cm³/mol. The molecule has 0 radical (unpaired) electrons. The Bertz CT molecular complexity index is 1560. The molecule has 4 atom stereocenters. The number of nitriles is 1. The van der Waals surface area contributed by atoms with Gasteiger partial charge in [-0.05, 0) is 55.6 Å². The zero-order valence-electron chi connectivity index (χ0n) is 28.2. The molecule has 1 aliphatic carbocycles. The van der Waals surface area contributed by atoms with Crippen molar-refractivity contribution in [2.24, 2.45) is 5.92 Å². The number of carbonyl (C=O) groups excluding carboxylic acids is 4. The summed E-state index contributed by atoms with van der Waals surface area (Å²) in [7, 11) is 1.97. The first-order valence-electron chi connectivity index (χ1n) is 16.9. The smallest absolute Gasteiger partial charge is 0.348 e. The summed E-state index contributed by atoms with van der Waals surface area (Å²) < 4.78 is 45.7. The number of hydrogen-bond acceptors (Lipinski definition) is 6. The fourth-order valence-electron chi connectivity index (χ4n) is 6.44. The molecule has 2 aromatic carbocycles. The van der Waals surface area contributed by atoms with E-state index >= 15 is 13.2 Å². The van der Waals surface area contributed by atoms with Gasteiger partial charge in [-0.3, -0.25) is 19.2 Å². The molecule has 1 aliphatic heterocycles. The van der Waals surface area contributed by atoms with E-state index in [1.54, 1.807) is 30.9 Å². The summed E-state index contributed by atoms with van der Waals surface area (Å²) >= 11 is 0. The van der Waals surface area contributed by atoms with E-state index in [0.717, 1.165) is 25.0 Å². The van der Waals surface area contributed by atoms with E-state index in [1.807, 2.05) is 7.05 Å². The molecule has 2 unspecified atom stereocenters. The number of amides is 4. The minimum absolute atomic E-state index is 0.00549. The summed E-state index contributed by atoms with van der Waals surface area (Å²) in [5.74, 6) is -8.21. The number of anilines is 1. The molecule has 1 saturated heterocycles. The van der Waals surface area contributed by atoms with Crippen LogP contribution in [0.4, 0.5) is 18.9 Å². The summed E-state index contributed by atoms with van der Waals surface area (Å²) in [4.78, 5) is 55.7. The van der Waals surface area contributed by atoms with Gasteiger partial charge in [-0.2, -0.15) is 14.0 Å². The van der Waals surface area contributed by atoms with Crippen LogP contribution in [0.1, 0.15) is 81.4 Å². The van der Waals surface area contributed by atoms with Gasteiger partial charge in [-0.15, -0.1) is 0 Å². The van der Waals surface area contributed by atoms with E-state index < -0.39 is 53.0 Å². The highest BCUT2D eigenvalue weighted by atomic mass is 19.3. The summed E-state index contributed by atoms with van der Waals surface area (Å²) in [6, 6.07) is 9.15. The van der Waals surface area contributed by atoms with Gasteiger partial charge in [0.05, 0.1) is 17.3 Å². The van der Waals surface area contributed by atoms with Gasteiger partial charge in [0.2, 0.25) is 17.7 Å². The highest BCUT2D eigenvalue weighted by Crippen LogP contribution is 2.32. The van der Waals surface area contributed by atoms with Gasteiger partial charge in [0.1, 0.15) is 11.9 Å². The number of hydrogen-bond donors (Lipinski definition) is 3. The molecule has 49 heavy (non-hydrogen) atoms. The Morgan fingerprint density at radius 2 is 1.71 bits per heavy atom. The van der Waals surface area contributed by atoms with Gasteiger partial charge in [-0.25, -0.2) is 4.39 Å². The van der Waals surface area contributed by atoms with Crippen molar-refractivity contribution in [3.05, 3.63) is 65.0 Å². The van der Waals surface area contributed by atoms with Crippen LogP contribution in [0.2, 0.25) is 0 Å². The number of likely N-dealkylation sites (N-methyl/N-ethyl adjacent to an activating group) is 1. The van der Waals surface area contributed by atoms with Gasteiger partial charge in [0, 0.05) is 56.5 Å². The van der Waals surface area contributed by atoms with Crippen LogP contribution in [0.25, 0.3) is 0 Å². The van der Waals surface area contributed by atoms with Crippen LogP contribution in [0, 0.1) is 23.1 Å². The van der Waals surface area contributed by atoms with E-state index in [1.165, 1.54) is 24.3 Å². The summed E-state index contributed by atoms with van der Waals surface area (Å²) in [6.07, 6.45) is 3.22.